The van der Waals surface area contributed by atoms with Gasteiger partial charge >= 0.3 is 0 Å². The second-order valence-electron chi connectivity index (χ2n) is 5.43. The molecule has 1 saturated heterocycles. The second kappa shape index (κ2) is 9.73. The van der Waals surface area contributed by atoms with Gasteiger partial charge in [-0.3, -0.25) is 9.69 Å². The van der Waals surface area contributed by atoms with E-state index < -0.39 is 0 Å². The molecule has 132 valence electrons. The number of thiophene rings is 1. The van der Waals surface area contributed by atoms with Crippen molar-refractivity contribution >= 4 is 29.7 Å². The average Bonchev–Trinajstić information content (AvgIpc) is 3.25. The Kier molecular flexibility index (Phi) is 7.64. The van der Waals surface area contributed by atoms with E-state index in [-0.39, 0.29) is 18.3 Å². The summed E-state index contributed by atoms with van der Waals surface area (Å²) < 4.78 is 5.19. The van der Waals surface area contributed by atoms with Gasteiger partial charge in [0.1, 0.15) is 0 Å². The summed E-state index contributed by atoms with van der Waals surface area (Å²) in [5.41, 5.74) is 0. The Morgan fingerprint density at radius 1 is 1.42 bits per heavy atom. The summed E-state index contributed by atoms with van der Waals surface area (Å²) >= 11 is 1.56. The molecule has 0 unspecified atom stereocenters. The minimum absolute atomic E-state index is 0. The molecule has 24 heavy (non-hydrogen) atoms. The molecule has 0 saturated carbocycles. The predicted molar refractivity (Wildman–Crippen MR) is 95.5 cm³/mol. The molecular formula is C15H22ClN5O2S. The number of aryl methyl sites for hydroxylation is 1. The lowest BCUT2D eigenvalue weighted by Gasteiger charge is -2.27. The highest BCUT2D eigenvalue weighted by Gasteiger charge is 2.12. The van der Waals surface area contributed by atoms with Gasteiger partial charge in [0, 0.05) is 52.1 Å². The molecule has 1 aliphatic heterocycles. The minimum atomic E-state index is 0. The fourth-order valence-corrected chi connectivity index (χ4v) is 3.11. The van der Waals surface area contributed by atoms with Crippen LogP contribution in [-0.2, 0) is 11.2 Å². The molecule has 9 heteroatoms. The third kappa shape index (κ3) is 5.55. The van der Waals surface area contributed by atoms with Gasteiger partial charge in [0.05, 0.1) is 4.88 Å². The van der Waals surface area contributed by atoms with E-state index in [4.69, 9.17) is 4.52 Å². The number of nitrogens with one attached hydrogen (secondary N) is 2. The van der Waals surface area contributed by atoms with E-state index in [1.807, 2.05) is 17.5 Å². The first-order valence-corrected chi connectivity index (χ1v) is 8.75. The van der Waals surface area contributed by atoms with Crippen molar-refractivity contribution in [2.75, 3.05) is 39.3 Å². The van der Waals surface area contributed by atoms with Gasteiger partial charge in [0.15, 0.2) is 0 Å². The first kappa shape index (κ1) is 18.9. The Labute approximate surface area is 151 Å². The molecule has 2 aromatic heterocycles. The Balaban J connectivity index is 0.00000208. The molecule has 3 rings (SSSR count). The molecule has 1 amide bonds. The third-order valence-corrected chi connectivity index (χ3v) is 4.60. The van der Waals surface area contributed by atoms with Crippen LogP contribution < -0.4 is 10.6 Å². The van der Waals surface area contributed by atoms with Crippen molar-refractivity contribution in [3.8, 4) is 10.7 Å². The lowest BCUT2D eigenvalue weighted by Crippen LogP contribution is -2.46. The number of hydrogen-bond acceptors (Lipinski definition) is 7. The quantitative estimate of drug-likeness (QED) is 0.760. The molecule has 0 radical (unpaired) electrons. The predicted octanol–water partition coefficient (Wildman–Crippen LogP) is 1.17. The van der Waals surface area contributed by atoms with Crippen LogP contribution in [0.3, 0.4) is 0 Å². The summed E-state index contributed by atoms with van der Waals surface area (Å²) in [6.07, 6.45) is 0.839. The van der Waals surface area contributed by atoms with Crippen LogP contribution in [0.2, 0.25) is 0 Å². The number of piperazine rings is 1. The highest BCUT2D eigenvalue weighted by Crippen LogP contribution is 2.21. The first-order valence-electron chi connectivity index (χ1n) is 7.87. The molecule has 1 aliphatic rings. The van der Waals surface area contributed by atoms with E-state index in [2.05, 4.69) is 25.7 Å². The molecule has 3 heterocycles. The van der Waals surface area contributed by atoms with Crippen LogP contribution in [0.15, 0.2) is 22.0 Å². The topological polar surface area (TPSA) is 83.3 Å². The van der Waals surface area contributed by atoms with Crippen LogP contribution in [0, 0.1) is 0 Å². The zero-order chi connectivity index (χ0) is 15.9. The molecule has 0 bridgehead atoms. The largest absolute Gasteiger partial charge is 0.355 e. The van der Waals surface area contributed by atoms with E-state index in [9.17, 15) is 4.79 Å². The Morgan fingerprint density at radius 3 is 3.00 bits per heavy atom. The number of rotatable bonds is 7. The van der Waals surface area contributed by atoms with Gasteiger partial charge < -0.3 is 15.2 Å². The minimum Gasteiger partial charge on any atom is -0.355 e. The maximum absolute atomic E-state index is 11.9. The van der Waals surface area contributed by atoms with Gasteiger partial charge in [-0.1, -0.05) is 11.2 Å². The van der Waals surface area contributed by atoms with Crippen molar-refractivity contribution in [3.05, 3.63) is 23.4 Å². The standard InChI is InChI=1S/C15H21N5O2S.ClH/c21-13(17-7-10-20-8-5-16-6-9-20)3-4-14-18-15(19-22-14)12-2-1-11-23-12;/h1-2,11,16H,3-10H2,(H,17,21);1H. The molecule has 2 aromatic rings. The van der Waals surface area contributed by atoms with E-state index in [0.29, 0.717) is 31.1 Å². The zero-order valence-electron chi connectivity index (χ0n) is 13.4. The zero-order valence-corrected chi connectivity index (χ0v) is 15.0. The van der Waals surface area contributed by atoms with E-state index in [1.165, 1.54) is 0 Å². The number of amides is 1. The number of carbonyl (C=O) groups is 1. The van der Waals surface area contributed by atoms with Gasteiger partial charge in [-0.15, -0.1) is 23.7 Å². The van der Waals surface area contributed by atoms with Crippen LogP contribution >= 0.6 is 23.7 Å². The van der Waals surface area contributed by atoms with Crippen LogP contribution in [0.5, 0.6) is 0 Å². The number of aromatic nitrogens is 2. The molecule has 0 aromatic carbocycles. The van der Waals surface area contributed by atoms with Crippen molar-refractivity contribution in [1.82, 2.24) is 25.7 Å². The molecule has 1 fully saturated rings. The lowest BCUT2D eigenvalue weighted by molar-refractivity contribution is -0.121. The van der Waals surface area contributed by atoms with Gasteiger partial charge in [0.25, 0.3) is 0 Å². The summed E-state index contributed by atoms with van der Waals surface area (Å²) in [5, 5.41) is 12.2. The summed E-state index contributed by atoms with van der Waals surface area (Å²) in [5.74, 6) is 1.12. The highest BCUT2D eigenvalue weighted by atomic mass is 35.5. The fourth-order valence-electron chi connectivity index (χ4n) is 2.46. The number of halogens is 1. The number of nitrogens with zero attached hydrogens (tertiary/aromatic N) is 3. The van der Waals surface area contributed by atoms with Crippen LogP contribution in [-0.4, -0.2) is 60.2 Å². The van der Waals surface area contributed by atoms with E-state index in [1.54, 1.807) is 11.3 Å². The molecule has 0 atom stereocenters. The van der Waals surface area contributed by atoms with Crippen molar-refractivity contribution in [2.45, 2.75) is 12.8 Å². The summed E-state index contributed by atoms with van der Waals surface area (Å²) in [4.78, 5) is 19.5. The Morgan fingerprint density at radius 2 is 2.25 bits per heavy atom. The van der Waals surface area contributed by atoms with E-state index in [0.717, 1.165) is 37.6 Å². The van der Waals surface area contributed by atoms with Crippen molar-refractivity contribution in [2.24, 2.45) is 0 Å². The van der Waals surface area contributed by atoms with Crippen LogP contribution in [0.25, 0.3) is 10.7 Å². The maximum Gasteiger partial charge on any atom is 0.227 e. The highest BCUT2D eigenvalue weighted by molar-refractivity contribution is 7.13. The molecule has 0 aliphatic carbocycles. The SMILES string of the molecule is Cl.O=C(CCc1nc(-c2cccs2)no1)NCCN1CCNCC1. The Bertz CT molecular complexity index is 613. The van der Waals surface area contributed by atoms with Crippen molar-refractivity contribution in [1.29, 1.82) is 0 Å². The molecule has 0 spiro atoms. The Hall–Kier alpha value is -1.48. The third-order valence-electron chi connectivity index (χ3n) is 3.74. The van der Waals surface area contributed by atoms with Crippen LogP contribution in [0.1, 0.15) is 12.3 Å². The molecule has 7 nitrogen and oxygen atoms in total. The summed E-state index contributed by atoms with van der Waals surface area (Å²) in [6.45, 7) is 5.72. The monoisotopic (exact) mass is 371 g/mol. The second-order valence-corrected chi connectivity index (χ2v) is 6.38. The van der Waals surface area contributed by atoms with Gasteiger partial charge in [-0.25, -0.2) is 0 Å². The molecule has 2 N–H and O–H groups in total. The van der Waals surface area contributed by atoms with E-state index >= 15 is 0 Å². The van der Waals surface area contributed by atoms with Crippen LogP contribution in [0.4, 0.5) is 0 Å². The van der Waals surface area contributed by atoms with Gasteiger partial charge in [0.2, 0.25) is 17.6 Å². The molecular weight excluding hydrogens is 350 g/mol. The number of carbonyl (C=O) groups excluding carboxylic acids is 1. The van der Waals surface area contributed by atoms with Crippen molar-refractivity contribution in [3.63, 3.8) is 0 Å². The van der Waals surface area contributed by atoms with Gasteiger partial charge in [-0.05, 0) is 11.4 Å². The lowest BCUT2D eigenvalue weighted by atomic mass is 10.3. The fraction of sp³-hybridized carbons (Fsp3) is 0.533. The smallest absolute Gasteiger partial charge is 0.227 e. The number of hydrogen-bond donors (Lipinski definition) is 2. The summed E-state index contributed by atoms with van der Waals surface area (Å²) in [7, 11) is 0. The normalized spacial score (nSPS) is 15.0. The first-order chi connectivity index (χ1) is 11.3. The summed E-state index contributed by atoms with van der Waals surface area (Å²) in [6, 6.07) is 3.89. The van der Waals surface area contributed by atoms with Gasteiger partial charge in [-0.2, -0.15) is 4.98 Å². The average molecular weight is 372 g/mol. The maximum atomic E-state index is 11.9. The van der Waals surface area contributed by atoms with Crippen molar-refractivity contribution < 1.29 is 9.32 Å².